The average Bonchev–Trinajstić information content (AvgIpc) is 3.33. The molecular weight excluding hydrogens is 886 g/mol. The number of ether oxygens (including phenoxy) is 1. The molecule has 66 heavy (non-hydrogen) atoms. The molecule has 16 nitrogen and oxygen atoms in total. The zero-order chi connectivity index (χ0) is 49.2. The number of thiocarbonyl (C=S) groups is 1. The van der Waals surface area contributed by atoms with E-state index in [0.29, 0.717) is 22.7 Å². The molecule has 1 amide bonds. The lowest BCUT2D eigenvalue weighted by Gasteiger charge is -2.19. The fourth-order valence-electron chi connectivity index (χ4n) is 6.73. The lowest BCUT2D eigenvalue weighted by molar-refractivity contribution is 0.158. The highest BCUT2D eigenvalue weighted by Gasteiger charge is 2.25. The Hall–Kier alpha value is -7.35. The van der Waals surface area contributed by atoms with Crippen LogP contribution in [0.5, 0.6) is 0 Å². The van der Waals surface area contributed by atoms with Gasteiger partial charge in [0.2, 0.25) is 0 Å². The summed E-state index contributed by atoms with van der Waals surface area (Å²) in [5.74, 6) is 0.158. The minimum Gasteiger partial charge on any atom is -0.450 e. The summed E-state index contributed by atoms with van der Waals surface area (Å²) in [5.41, 5.74) is -0.954. The first-order valence-corrected chi connectivity index (χ1v) is 21.5. The number of aromatic amines is 1. The van der Waals surface area contributed by atoms with Crippen molar-refractivity contribution in [3.05, 3.63) is 184 Å². The number of fused-ring (bicyclic) bond motifs is 1. The van der Waals surface area contributed by atoms with E-state index in [1.165, 1.54) is 40.4 Å². The lowest BCUT2D eigenvalue weighted by Crippen LogP contribution is -2.45. The number of halogens is 1. The molecule has 0 saturated heterocycles. The number of alkyl carbamates (subject to hydrolysis) is 1. The number of benzene rings is 4. The number of carbonyl (C=O) groups is 1. The molecule has 3 aromatic heterocycles. The number of para-hydroxylation sites is 4. The molecule has 0 aliphatic carbocycles. The first-order valence-electron chi connectivity index (χ1n) is 21.3. The Morgan fingerprint density at radius 3 is 1.48 bits per heavy atom. The van der Waals surface area contributed by atoms with Gasteiger partial charge in [-0.05, 0) is 75.1 Å². The molecule has 0 spiro atoms. The van der Waals surface area contributed by atoms with E-state index >= 15 is 0 Å². The van der Waals surface area contributed by atoms with Gasteiger partial charge >= 0.3 is 23.2 Å². The molecule has 0 aliphatic heterocycles. The fourth-order valence-corrected chi connectivity index (χ4v) is 7.26. The van der Waals surface area contributed by atoms with Gasteiger partial charge in [-0.2, -0.15) is 0 Å². The number of anilines is 1. The molecule has 0 fully saturated rings. The van der Waals surface area contributed by atoms with Crippen molar-refractivity contribution in [3.8, 4) is 22.7 Å². The molecule has 0 unspecified atom stereocenters. The van der Waals surface area contributed by atoms with E-state index < -0.39 is 41.4 Å². The van der Waals surface area contributed by atoms with Crippen LogP contribution >= 0.6 is 24.4 Å². The van der Waals surface area contributed by atoms with Gasteiger partial charge in [-0.3, -0.25) is 28.8 Å². The Morgan fingerprint density at radius 2 is 1.09 bits per heavy atom. The third-order valence-corrected chi connectivity index (χ3v) is 10.5. The fraction of sp³-hybridized carbons (Fsp3) is 0.234. The highest BCUT2D eigenvalue weighted by molar-refractivity contribution is 7.80. The molecule has 7 aromatic rings. The number of alkyl halides is 1. The summed E-state index contributed by atoms with van der Waals surface area (Å²) < 4.78 is 26.3. The third-order valence-electron chi connectivity index (χ3n) is 9.92. The van der Waals surface area contributed by atoms with E-state index in [9.17, 15) is 33.2 Å². The van der Waals surface area contributed by atoms with Gasteiger partial charge in [-0.15, -0.1) is 0 Å². The second-order valence-corrected chi connectivity index (χ2v) is 14.5. The van der Waals surface area contributed by atoms with Crippen LogP contribution in [0.2, 0.25) is 0 Å². The summed E-state index contributed by atoms with van der Waals surface area (Å²) in [6.45, 7) is 11.9. The van der Waals surface area contributed by atoms with Gasteiger partial charge in [0.05, 0.1) is 37.9 Å². The van der Waals surface area contributed by atoms with Gasteiger partial charge in [0, 0.05) is 14.1 Å². The summed E-state index contributed by atoms with van der Waals surface area (Å²) in [6, 6.07) is 34.7. The molecular formula is C47H52FN9O7S2. The van der Waals surface area contributed by atoms with Gasteiger partial charge in [0.25, 0.3) is 11.1 Å². The van der Waals surface area contributed by atoms with Gasteiger partial charge in [0.15, 0.2) is 0 Å². The molecule has 4 aromatic carbocycles. The molecule has 19 heteroatoms. The van der Waals surface area contributed by atoms with Crippen molar-refractivity contribution >= 4 is 52.4 Å². The molecule has 346 valence electrons. The number of amides is 1. The van der Waals surface area contributed by atoms with Crippen molar-refractivity contribution in [2.24, 2.45) is 7.05 Å². The summed E-state index contributed by atoms with van der Waals surface area (Å²) in [6.07, 6.45) is -0.785. The smallest absolute Gasteiger partial charge is 0.412 e. The van der Waals surface area contributed by atoms with Crippen molar-refractivity contribution < 1.29 is 15.3 Å². The van der Waals surface area contributed by atoms with Crippen LogP contribution in [-0.4, -0.2) is 84.2 Å². The molecule has 0 bridgehead atoms. The van der Waals surface area contributed by atoms with Crippen LogP contribution in [0.1, 0.15) is 34.6 Å². The Bertz CT molecular complexity index is 3130. The minimum atomic E-state index is -1.00. The summed E-state index contributed by atoms with van der Waals surface area (Å²) in [7, 11) is 2.05. The molecule has 3 N–H and O–H groups in total. The quantitative estimate of drug-likeness (QED) is 0.131. The molecule has 7 rings (SSSR count). The van der Waals surface area contributed by atoms with Crippen LogP contribution in [0.3, 0.4) is 0 Å². The van der Waals surface area contributed by atoms with Crippen LogP contribution in [0, 0.1) is 4.64 Å². The van der Waals surface area contributed by atoms with Crippen molar-refractivity contribution in [1.82, 2.24) is 38.0 Å². The zero-order valence-corrected chi connectivity index (χ0v) is 39.0. The predicted molar refractivity (Wildman–Crippen MR) is 265 cm³/mol. The van der Waals surface area contributed by atoms with Crippen molar-refractivity contribution in [2.45, 2.75) is 27.7 Å². The number of H-pyrrole nitrogens is 1. The van der Waals surface area contributed by atoms with Gasteiger partial charge in [0.1, 0.15) is 32.0 Å². The highest BCUT2D eigenvalue weighted by Crippen LogP contribution is 2.18. The maximum atomic E-state index is 13.4. The van der Waals surface area contributed by atoms with E-state index in [0.717, 1.165) is 9.13 Å². The average molecular weight is 939 g/mol. The maximum absolute atomic E-state index is 13.4. The zero-order valence-electron chi connectivity index (χ0n) is 38.3. The Morgan fingerprint density at radius 1 is 0.697 bits per heavy atom. The number of aryl methyl sites for hydroxylation is 1. The highest BCUT2D eigenvalue weighted by atomic mass is 32.1. The summed E-state index contributed by atoms with van der Waals surface area (Å²) >= 11 is 10.6. The Balaban J connectivity index is 0.000000244. The molecule has 3 heterocycles. The van der Waals surface area contributed by atoms with Crippen LogP contribution < -0.4 is 38.8 Å². The number of aromatic nitrogens is 6. The SMILES string of the molecule is CCN(CC)CC.CCOC(=O)NC(=S)c1c(NC)n(-c2ccccc2)c(=O)n(-c2ccccc2)c1=O.Cn1c(=O)[nH]c(=S)c2c(=O)n(-c3ccccc3)c(=O)n(-c3ccccc3)c21.[2H]CF. The second-order valence-electron chi connectivity index (χ2n) is 13.6. The van der Waals surface area contributed by atoms with Crippen LogP contribution in [0.25, 0.3) is 33.8 Å². The molecule has 0 atom stereocenters. The lowest BCUT2D eigenvalue weighted by atomic mass is 10.2. The Labute approximate surface area is 391 Å². The van der Waals surface area contributed by atoms with E-state index in [-0.39, 0.29) is 38.7 Å². The van der Waals surface area contributed by atoms with Gasteiger partial charge < -0.3 is 15.0 Å². The predicted octanol–water partition coefficient (Wildman–Crippen LogP) is 6.28. The van der Waals surface area contributed by atoms with Crippen molar-refractivity contribution in [2.75, 3.05) is 45.8 Å². The number of nitrogens with zero attached hydrogens (tertiary/aromatic N) is 6. The van der Waals surface area contributed by atoms with Gasteiger partial charge in [-0.1, -0.05) is 118 Å². The standard InChI is InChI=1S/C21H20N4O4S.C19H14N4O3S.C6H15N.CH3F/c1-3-29-20(27)23-18(30)16-17(22-2)24(14-10-6-4-7-11-14)21(28)25(19(16)26)15-12-8-5-9-13-15;1-21-16-14(15(27)20-18(21)25)17(24)23(13-10-6-3-7-11-13)19(26)22(16)12-8-4-2-5-9-12;1-4-7(5-2)6-3;1-2/h4-13,22H,3H2,1-2H3,(H,23,27,30);2-11H,1H3,(H,20,25,27);4-6H2,1-3H3;1H3/i;;;1D. The summed E-state index contributed by atoms with van der Waals surface area (Å²) in [5, 5.41) is 5.37. The van der Waals surface area contributed by atoms with Crippen molar-refractivity contribution in [3.63, 3.8) is 0 Å². The van der Waals surface area contributed by atoms with E-state index in [1.54, 1.807) is 123 Å². The minimum absolute atomic E-state index is 0.00698. The first kappa shape index (κ1) is 49.7. The molecule has 0 saturated carbocycles. The Kier molecular flexibility index (Phi) is 18.5. The van der Waals surface area contributed by atoms with E-state index in [4.69, 9.17) is 30.5 Å². The van der Waals surface area contributed by atoms with Crippen LogP contribution in [-0.2, 0) is 11.8 Å². The van der Waals surface area contributed by atoms with E-state index in [1.807, 2.05) is 12.1 Å². The summed E-state index contributed by atoms with van der Waals surface area (Å²) in [4.78, 5) is 82.1. The second kappa shape index (κ2) is 24.6. The number of carbonyl (C=O) groups excluding carboxylic acids is 1. The topological polar surface area (TPSA) is 179 Å². The number of hydrogen-bond donors (Lipinski definition) is 3. The monoisotopic (exact) mass is 938 g/mol. The van der Waals surface area contributed by atoms with Crippen molar-refractivity contribution in [1.29, 1.82) is 0 Å². The number of hydrogen-bond acceptors (Lipinski definition) is 11. The first-order chi connectivity index (χ1) is 32.3. The molecule has 0 aliphatic rings. The number of rotatable bonds is 10. The maximum Gasteiger partial charge on any atom is 0.412 e. The largest absolute Gasteiger partial charge is 0.450 e. The number of nitrogens with one attached hydrogen (secondary N) is 3. The third kappa shape index (κ3) is 11.5. The van der Waals surface area contributed by atoms with E-state index in [2.05, 4.69) is 41.3 Å². The van der Waals surface area contributed by atoms with Crippen LogP contribution in [0.15, 0.2) is 145 Å². The normalized spacial score (nSPS) is 10.6. The molecule has 0 radical (unpaired) electrons. The van der Waals surface area contributed by atoms with Crippen LogP contribution in [0.4, 0.5) is 15.0 Å². The van der Waals surface area contributed by atoms with Gasteiger partial charge in [-0.25, -0.2) is 37.4 Å².